The highest BCUT2D eigenvalue weighted by Gasteiger charge is 2.38. The van der Waals surface area contributed by atoms with Gasteiger partial charge in [0, 0.05) is 19.4 Å². The fourth-order valence-corrected chi connectivity index (χ4v) is 4.68. The second-order valence-electron chi connectivity index (χ2n) is 10.3. The van der Waals surface area contributed by atoms with Crippen LogP contribution in [-0.4, -0.2) is 74.6 Å². The molecule has 3 rings (SSSR count). The molecule has 1 saturated heterocycles. The molecular weight excluding hydrogens is 516 g/mol. The molecule has 5 atom stereocenters. The van der Waals surface area contributed by atoms with Gasteiger partial charge in [-0.05, 0) is 54.2 Å². The average molecular weight is 555 g/mol. The number of benzene rings is 2. The van der Waals surface area contributed by atoms with Gasteiger partial charge in [0.2, 0.25) is 17.7 Å². The van der Waals surface area contributed by atoms with Crippen LogP contribution in [0.3, 0.4) is 0 Å². The molecule has 5 unspecified atom stereocenters. The van der Waals surface area contributed by atoms with Crippen molar-refractivity contribution in [2.24, 2.45) is 11.7 Å². The van der Waals surface area contributed by atoms with Gasteiger partial charge in [0.1, 0.15) is 29.6 Å². The van der Waals surface area contributed by atoms with Crippen LogP contribution in [-0.2, 0) is 32.0 Å². The molecule has 7 N–H and O–H groups in total. The zero-order valence-electron chi connectivity index (χ0n) is 22.7. The van der Waals surface area contributed by atoms with Gasteiger partial charge in [-0.2, -0.15) is 0 Å². The lowest BCUT2D eigenvalue weighted by atomic mass is 9.98. The van der Waals surface area contributed by atoms with Gasteiger partial charge in [-0.15, -0.1) is 0 Å². The van der Waals surface area contributed by atoms with Gasteiger partial charge < -0.3 is 36.6 Å². The van der Waals surface area contributed by atoms with Gasteiger partial charge >= 0.3 is 5.97 Å². The van der Waals surface area contributed by atoms with Gasteiger partial charge in [-0.3, -0.25) is 14.4 Å². The van der Waals surface area contributed by atoms with Crippen molar-refractivity contribution < 1.29 is 34.5 Å². The van der Waals surface area contributed by atoms with Crippen molar-refractivity contribution in [3.63, 3.8) is 0 Å². The highest BCUT2D eigenvalue weighted by molar-refractivity contribution is 5.94. The smallest absolute Gasteiger partial charge is 0.326 e. The van der Waals surface area contributed by atoms with Crippen molar-refractivity contribution in [3.8, 4) is 11.5 Å². The largest absolute Gasteiger partial charge is 0.508 e. The average Bonchev–Trinajstić information content (AvgIpc) is 3.44. The fraction of sp³-hybridized carbons (Fsp3) is 0.448. The molecule has 0 spiro atoms. The number of nitrogens with two attached hydrogens (primary N) is 1. The van der Waals surface area contributed by atoms with Crippen molar-refractivity contribution >= 4 is 23.7 Å². The van der Waals surface area contributed by atoms with Crippen LogP contribution in [0.5, 0.6) is 11.5 Å². The van der Waals surface area contributed by atoms with Crippen LogP contribution >= 0.6 is 0 Å². The summed E-state index contributed by atoms with van der Waals surface area (Å²) < 4.78 is 0. The van der Waals surface area contributed by atoms with Crippen LogP contribution in [0.1, 0.15) is 44.2 Å². The van der Waals surface area contributed by atoms with Crippen LogP contribution in [0.25, 0.3) is 0 Å². The summed E-state index contributed by atoms with van der Waals surface area (Å²) in [5.41, 5.74) is 7.40. The van der Waals surface area contributed by atoms with E-state index in [-0.39, 0.29) is 36.8 Å². The molecule has 0 aliphatic carbocycles. The van der Waals surface area contributed by atoms with Gasteiger partial charge in [0.05, 0.1) is 6.04 Å². The fourth-order valence-electron chi connectivity index (χ4n) is 4.68. The number of carboxylic acids is 1. The Morgan fingerprint density at radius 1 is 0.900 bits per heavy atom. The topological polar surface area (TPSA) is 182 Å². The van der Waals surface area contributed by atoms with Crippen LogP contribution < -0.4 is 16.4 Å². The highest BCUT2D eigenvalue weighted by Crippen LogP contribution is 2.21. The van der Waals surface area contributed by atoms with E-state index in [1.807, 2.05) is 13.8 Å². The van der Waals surface area contributed by atoms with E-state index < -0.39 is 47.9 Å². The summed E-state index contributed by atoms with van der Waals surface area (Å²) in [6.45, 7) is 3.98. The predicted octanol–water partition coefficient (Wildman–Crippen LogP) is 1.30. The molecular formula is C29H38N4O7. The molecule has 0 aromatic heterocycles. The van der Waals surface area contributed by atoms with Crippen molar-refractivity contribution in [1.82, 2.24) is 15.5 Å². The number of carbonyl (C=O) groups excluding carboxylic acids is 3. The summed E-state index contributed by atoms with van der Waals surface area (Å²) in [5, 5.41) is 34.4. The molecule has 2 aromatic rings. The van der Waals surface area contributed by atoms with E-state index in [9.17, 15) is 34.5 Å². The molecule has 2 aromatic carbocycles. The van der Waals surface area contributed by atoms with Crippen LogP contribution in [0.2, 0.25) is 0 Å². The number of phenolic OH excluding ortho intramolecular Hbond substituents is 2. The van der Waals surface area contributed by atoms with E-state index >= 15 is 0 Å². The van der Waals surface area contributed by atoms with E-state index in [4.69, 9.17) is 5.73 Å². The first kappa shape index (κ1) is 30.4. The summed E-state index contributed by atoms with van der Waals surface area (Å²) in [5.74, 6) is -2.86. The summed E-state index contributed by atoms with van der Waals surface area (Å²) in [6.07, 6.45) is 1.60. The molecule has 11 heteroatoms. The van der Waals surface area contributed by atoms with Crippen LogP contribution in [0.15, 0.2) is 48.5 Å². The zero-order valence-corrected chi connectivity index (χ0v) is 22.7. The summed E-state index contributed by atoms with van der Waals surface area (Å²) in [4.78, 5) is 53.3. The maximum Gasteiger partial charge on any atom is 0.326 e. The quantitative estimate of drug-likeness (QED) is 0.227. The third kappa shape index (κ3) is 7.95. The number of hydrogen-bond acceptors (Lipinski definition) is 7. The molecule has 1 heterocycles. The lowest BCUT2D eigenvalue weighted by Gasteiger charge is -2.29. The number of likely N-dealkylation sites (tertiary alicyclic amines) is 1. The first-order valence-corrected chi connectivity index (χ1v) is 13.5. The lowest BCUT2D eigenvalue weighted by Crippen LogP contribution is -2.58. The zero-order chi connectivity index (χ0) is 29.4. The minimum atomic E-state index is -1.13. The number of nitrogens with one attached hydrogen (secondary N) is 2. The van der Waals surface area contributed by atoms with Crippen molar-refractivity contribution in [2.75, 3.05) is 6.54 Å². The van der Waals surface area contributed by atoms with E-state index in [0.717, 1.165) is 0 Å². The number of aromatic hydroxyl groups is 2. The first-order valence-electron chi connectivity index (χ1n) is 13.5. The molecule has 3 amide bonds. The first-order chi connectivity index (χ1) is 19.0. The normalized spacial score (nSPS) is 17.9. The Morgan fingerprint density at radius 2 is 1.40 bits per heavy atom. The summed E-state index contributed by atoms with van der Waals surface area (Å²) in [7, 11) is 0. The molecule has 0 bridgehead atoms. The minimum absolute atomic E-state index is 0.0375. The Kier molecular flexibility index (Phi) is 10.5. The molecule has 216 valence electrons. The number of phenols is 2. The van der Waals surface area contributed by atoms with E-state index in [2.05, 4.69) is 10.6 Å². The monoisotopic (exact) mass is 554 g/mol. The van der Waals surface area contributed by atoms with Gasteiger partial charge in [0.25, 0.3) is 0 Å². The third-order valence-electron chi connectivity index (χ3n) is 7.38. The SMILES string of the molecule is CCC(C)C(N)C(=O)NC(Cc1ccc(O)cc1)C(=O)NC(Cc1ccc(O)cc1)C(=O)N1CCCC1C(=O)O. The lowest BCUT2D eigenvalue weighted by molar-refractivity contribution is -0.149. The van der Waals surface area contributed by atoms with Gasteiger partial charge in [-0.25, -0.2) is 4.79 Å². The maximum atomic E-state index is 13.7. The van der Waals surface area contributed by atoms with Crippen LogP contribution in [0.4, 0.5) is 0 Å². The number of carbonyl (C=O) groups is 4. The van der Waals surface area contributed by atoms with E-state index in [0.29, 0.717) is 30.4 Å². The Bertz CT molecular complexity index is 1190. The molecule has 1 aliphatic rings. The molecule has 0 saturated carbocycles. The Hall–Kier alpha value is -4.12. The Morgan fingerprint density at radius 3 is 1.90 bits per heavy atom. The van der Waals surface area contributed by atoms with Gasteiger partial charge in [-0.1, -0.05) is 44.5 Å². The molecule has 1 fully saturated rings. The second-order valence-corrected chi connectivity index (χ2v) is 10.3. The number of rotatable bonds is 12. The third-order valence-corrected chi connectivity index (χ3v) is 7.38. The van der Waals surface area contributed by atoms with E-state index in [1.165, 1.54) is 29.2 Å². The molecule has 11 nitrogen and oxygen atoms in total. The number of carboxylic acid groups (broad SMARTS) is 1. The number of hydrogen-bond donors (Lipinski definition) is 6. The number of nitrogens with zero attached hydrogens (tertiary/aromatic N) is 1. The molecule has 1 aliphatic heterocycles. The maximum absolute atomic E-state index is 13.7. The highest BCUT2D eigenvalue weighted by atomic mass is 16.4. The van der Waals surface area contributed by atoms with Crippen molar-refractivity contribution in [3.05, 3.63) is 59.7 Å². The van der Waals surface area contributed by atoms with Crippen LogP contribution in [0, 0.1) is 5.92 Å². The minimum Gasteiger partial charge on any atom is -0.508 e. The van der Waals surface area contributed by atoms with Crippen molar-refractivity contribution in [1.29, 1.82) is 0 Å². The molecule has 40 heavy (non-hydrogen) atoms. The second kappa shape index (κ2) is 13.8. The number of amides is 3. The Balaban J connectivity index is 1.88. The van der Waals surface area contributed by atoms with Crippen molar-refractivity contribution in [2.45, 2.75) is 70.1 Å². The predicted molar refractivity (Wildman–Crippen MR) is 147 cm³/mol. The van der Waals surface area contributed by atoms with Gasteiger partial charge in [0.15, 0.2) is 0 Å². The standard InChI is InChI=1S/C29H38N4O7/c1-3-17(2)25(30)27(37)31-22(15-18-6-10-20(34)11-7-18)26(36)32-23(16-19-8-12-21(35)13-9-19)28(38)33-14-4-5-24(33)29(39)40/h6-13,17,22-25,34-35H,3-5,14-16,30H2,1-2H3,(H,31,37)(H,32,36)(H,39,40). The summed E-state index contributed by atoms with van der Waals surface area (Å²) in [6, 6.07) is 8.24. The number of aliphatic carboxylic acids is 1. The van der Waals surface area contributed by atoms with E-state index in [1.54, 1.807) is 24.3 Å². The molecule has 0 radical (unpaired) electrons. The Labute approximate surface area is 233 Å². The summed E-state index contributed by atoms with van der Waals surface area (Å²) >= 11 is 0.